The molecule has 0 aromatic carbocycles. The van der Waals surface area contributed by atoms with Crippen molar-refractivity contribution in [2.45, 2.75) is 32.9 Å². The van der Waals surface area contributed by atoms with Crippen LogP contribution in [-0.2, 0) is 14.3 Å². The van der Waals surface area contributed by atoms with E-state index in [2.05, 4.69) is 10.4 Å². The molecule has 1 aliphatic heterocycles. The molecule has 1 aromatic heterocycles. The maximum Gasteiger partial charge on any atom is 0.376 e. The summed E-state index contributed by atoms with van der Waals surface area (Å²) in [5, 5.41) is 8.93. The predicted molar refractivity (Wildman–Crippen MR) is 103 cm³/mol. The SMILES string of the molecule is CSN1CC(COC(=O)C(C)(C)C)n2c(nc(=O)n2SCC(N)C(=O)O)N1. The minimum Gasteiger partial charge on any atom is -0.480 e. The van der Waals surface area contributed by atoms with Crippen molar-refractivity contribution in [3.05, 3.63) is 10.5 Å². The lowest BCUT2D eigenvalue weighted by atomic mass is 9.97. The van der Waals surface area contributed by atoms with Crippen molar-refractivity contribution in [1.29, 1.82) is 0 Å². The Morgan fingerprint density at radius 1 is 1.48 bits per heavy atom. The standard InChI is InChI=1S/C14H24N6O5S2/c1-14(2,3)11(23)25-6-8-5-18(26-4)17-12-16-13(24)20(19(8)12)27-7-9(15)10(21)22/h8-9H,5-7,15H2,1-4H3,(H,21,22)(H,16,17,24). The van der Waals surface area contributed by atoms with Crippen LogP contribution < -0.4 is 16.8 Å². The number of hydrazine groups is 1. The summed E-state index contributed by atoms with van der Waals surface area (Å²) in [5.41, 5.74) is 7.31. The number of esters is 1. The van der Waals surface area contributed by atoms with Gasteiger partial charge in [0.05, 0.1) is 12.0 Å². The van der Waals surface area contributed by atoms with E-state index in [9.17, 15) is 14.4 Å². The van der Waals surface area contributed by atoms with Gasteiger partial charge in [-0.05, 0) is 39.0 Å². The number of hydrogen-bond donors (Lipinski definition) is 3. The highest BCUT2D eigenvalue weighted by Gasteiger charge is 2.32. The summed E-state index contributed by atoms with van der Waals surface area (Å²) in [7, 11) is 0. The fraction of sp³-hybridized carbons (Fsp3) is 0.714. The molecule has 0 aliphatic carbocycles. The van der Waals surface area contributed by atoms with Crippen molar-refractivity contribution in [2.75, 3.05) is 30.6 Å². The molecule has 152 valence electrons. The van der Waals surface area contributed by atoms with Crippen LogP contribution in [0.1, 0.15) is 26.8 Å². The molecule has 1 aliphatic rings. The van der Waals surface area contributed by atoms with Crippen molar-refractivity contribution in [2.24, 2.45) is 11.1 Å². The first-order valence-corrected chi connectivity index (χ1v) is 10.3. The van der Waals surface area contributed by atoms with Crippen LogP contribution in [0.2, 0.25) is 0 Å². The van der Waals surface area contributed by atoms with Gasteiger partial charge in [-0.15, -0.1) is 0 Å². The first kappa shape index (κ1) is 21.6. The van der Waals surface area contributed by atoms with Crippen LogP contribution in [0.3, 0.4) is 0 Å². The number of hydrogen-bond acceptors (Lipinski definition) is 10. The van der Waals surface area contributed by atoms with Crippen molar-refractivity contribution < 1.29 is 19.4 Å². The number of carbonyl (C=O) groups is 2. The average Bonchev–Trinajstić information content (AvgIpc) is 2.91. The summed E-state index contributed by atoms with van der Waals surface area (Å²) in [6.45, 7) is 5.76. The van der Waals surface area contributed by atoms with Crippen LogP contribution in [0.5, 0.6) is 0 Å². The quantitative estimate of drug-likeness (QED) is 0.405. The number of nitrogens with two attached hydrogens (primary N) is 1. The van der Waals surface area contributed by atoms with Crippen molar-refractivity contribution in [3.63, 3.8) is 0 Å². The van der Waals surface area contributed by atoms with Gasteiger partial charge < -0.3 is 15.6 Å². The predicted octanol–water partition coefficient (Wildman–Crippen LogP) is 0.00390. The molecule has 0 saturated carbocycles. The molecule has 0 amide bonds. The third kappa shape index (κ3) is 5.18. The maximum absolute atomic E-state index is 12.3. The van der Waals surface area contributed by atoms with Crippen molar-refractivity contribution in [1.82, 2.24) is 18.2 Å². The maximum atomic E-state index is 12.3. The number of rotatable bonds is 7. The molecule has 1 aromatic rings. The van der Waals surface area contributed by atoms with Gasteiger partial charge in [0.25, 0.3) is 0 Å². The van der Waals surface area contributed by atoms with Crippen LogP contribution in [0.4, 0.5) is 5.95 Å². The molecular weight excluding hydrogens is 396 g/mol. The zero-order valence-corrected chi connectivity index (χ0v) is 17.2. The van der Waals surface area contributed by atoms with E-state index < -0.39 is 23.1 Å². The second-order valence-corrected chi connectivity index (χ2v) is 8.68. The van der Waals surface area contributed by atoms with Gasteiger partial charge in [-0.25, -0.2) is 9.48 Å². The van der Waals surface area contributed by atoms with Gasteiger partial charge in [0.15, 0.2) is 0 Å². The minimum atomic E-state index is -1.16. The number of carbonyl (C=O) groups excluding carboxylic acids is 1. The van der Waals surface area contributed by atoms with E-state index in [1.807, 2.05) is 6.26 Å². The Morgan fingerprint density at radius 2 is 2.15 bits per heavy atom. The van der Waals surface area contributed by atoms with E-state index in [1.165, 1.54) is 16.0 Å². The van der Waals surface area contributed by atoms with Gasteiger partial charge in [-0.3, -0.25) is 15.0 Å². The summed E-state index contributed by atoms with van der Waals surface area (Å²) in [4.78, 5) is 39.3. The third-order valence-corrected chi connectivity index (χ3v) is 5.42. The Balaban J connectivity index is 2.25. The molecule has 11 nitrogen and oxygen atoms in total. The first-order valence-electron chi connectivity index (χ1n) is 8.13. The summed E-state index contributed by atoms with van der Waals surface area (Å²) in [6.07, 6.45) is 1.86. The van der Waals surface area contributed by atoms with Crippen LogP contribution >= 0.6 is 23.9 Å². The zero-order chi connectivity index (χ0) is 20.4. The number of carboxylic acids is 1. The van der Waals surface area contributed by atoms with Gasteiger partial charge in [0, 0.05) is 5.75 Å². The lowest BCUT2D eigenvalue weighted by Crippen LogP contribution is -2.42. The fourth-order valence-corrected chi connectivity index (χ4v) is 3.58. The van der Waals surface area contributed by atoms with E-state index in [-0.39, 0.29) is 30.3 Å². The highest BCUT2D eigenvalue weighted by atomic mass is 32.2. The van der Waals surface area contributed by atoms with Gasteiger partial charge in [0.2, 0.25) is 5.95 Å². The highest BCUT2D eigenvalue weighted by molar-refractivity contribution is 7.97. The van der Waals surface area contributed by atoms with Crippen LogP contribution in [0, 0.1) is 5.41 Å². The molecule has 13 heteroatoms. The molecule has 2 heterocycles. The number of nitrogens with zero attached hydrogens (tertiary/aromatic N) is 4. The van der Waals surface area contributed by atoms with Gasteiger partial charge >= 0.3 is 17.6 Å². The molecule has 2 rings (SSSR count). The summed E-state index contributed by atoms with van der Waals surface area (Å²) in [5.74, 6) is -1.24. The summed E-state index contributed by atoms with van der Waals surface area (Å²) < 4.78 is 10.0. The molecule has 0 saturated heterocycles. The Morgan fingerprint density at radius 3 is 2.70 bits per heavy atom. The first-order chi connectivity index (χ1) is 12.5. The Hall–Kier alpha value is -1.70. The van der Waals surface area contributed by atoms with Gasteiger partial charge in [-0.1, -0.05) is 11.9 Å². The lowest BCUT2D eigenvalue weighted by Gasteiger charge is -2.33. The van der Waals surface area contributed by atoms with Gasteiger partial charge in [-0.2, -0.15) is 13.5 Å². The largest absolute Gasteiger partial charge is 0.480 e. The van der Waals surface area contributed by atoms with Crippen molar-refractivity contribution in [3.8, 4) is 0 Å². The van der Waals surface area contributed by atoms with Crippen LogP contribution in [-0.4, -0.2) is 66.4 Å². The second-order valence-electron chi connectivity index (χ2n) is 6.93. The number of ether oxygens (including phenoxy) is 1. The smallest absolute Gasteiger partial charge is 0.376 e. The van der Waals surface area contributed by atoms with E-state index in [4.69, 9.17) is 15.6 Å². The topological polar surface area (TPSA) is 145 Å². The second kappa shape index (κ2) is 8.54. The molecule has 0 radical (unpaired) electrons. The summed E-state index contributed by atoms with van der Waals surface area (Å²) in [6, 6.07) is -1.51. The summed E-state index contributed by atoms with van der Waals surface area (Å²) >= 11 is 2.35. The molecule has 0 bridgehead atoms. The van der Waals surface area contributed by atoms with E-state index >= 15 is 0 Å². The molecule has 4 N–H and O–H groups in total. The Bertz CT molecular complexity index is 758. The highest BCUT2D eigenvalue weighted by Crippen LogP contribution is 2.27. The van der Waals surface area contributed by atoms with E-state index in [0.29, 0.717) is 6.54 Å². The number of carboxylic acid groups (broad SMARTS) is 1. The Kier molecular flexibility index (Phi) is 6.83. The minimum absolute atomic E-state index is 0.0128. The normalized spacial score (nSPS) is 18.5. The molecule has 2 atom stereocenters. The van der Waals surface area contributed by atoms with Crippen LogP contribution in [0.15, 0.2) is 4.79 Å². The molecule has 2 unspecified atom stereocenters. The van der Waals surface area contributed by atoms with E-state index in [1.54, 1.807) is 29.9 Å². The molecular formula is C14H24N6O5S2. The average molecular weight is 421 g/mol. The third-order valence-electron chi connectivity index (χ3n) is 3.66. The van der Waals surface area contributed by atoms with E-state index in [0.717, 1.165) is 11.9 Å². The number of anilines is 1. The number of aliphatic carboxylic acids is 1. The number of aromatic nitrogens is 3. The number of nitrogens with one attached hydrogen (secondary N) is 1. The monoisotopic (exact) mass is 420 g/mol. The van der Waals surface area contributed by atoms with Crippen LogP contribution in [0.25, 0.3) is 0 Å². The molecule has 0 fully saturated rings. The fourth-order valence-electron chi connectivity index (χ4n) is 2.16. The molecule has 0 spiro atoms. The zero-order valence-electron chi connectivity index (χ0n) is 15.5. The molecule has 27 heavy (non-hydrogen) atoms. The number of fused-ring (bicyclic) bond motifs is 1. The lowest BCUT2D eigenvalue weighted by molar-refractivity contribution is -0.154. The Labute approximate surface area is 164 Å². The van der Waals surface area contributed by atoms with Gasteiger partial charge in [0.1, 0.15) is 18.7 Å². The van der Waals surface area contributed by atoms with Crippen molar-refractivity contribution >= 4 is 41.8 Å².